The average Bonchev–Trinajstić information content (AvgIpc) is 2.72. The Balaban J connectivity index is 2.29. The number of aromatic amines is 1. The molecule has 0 unspecified atom stereocenters. The molecule has 3 aromatic rings. The molecule has 18 heavy (non-hydrogen) atoms. The summed E-state index contributed by atoms with van der Waals surface area (Å²) in [6.45, 7) is 4.08. The first-order valence-corrected chi connectivity index (χ1v) is 6.53. The van der Waals surface area contributed by atoms with Crippen molar-refractivity contribution in [2.45, 2.75) is 13.8 Å². The van der Waals surface area contributed by atoms with E-state index in [9.17, 15) is 0 Å². The van der Waals surface area contributed by atoms with Gasteiger partial charge in [-0.1, -0.05) is 24.3 Å². The standard InChI is InChI=1S/C14H12BrN3/c1-8-5-3-4-6-10(8)13-17-9(2)12-11(15)7-16-14(12)18-13/h3-7H,1-2H3,(H,16,17,18). The van der Waals surface area contributed by atoms with Gasteiger partial charge in [0.25, 0.3) is 0 Å². The zero-order valence-corrected chi connectivity index (χ0v) is 11.7. The number of nitrogens with zero attached hydrogens (tertiary/aromatic N) is 2. The van der Waals surface area contributed by atoms with E-state index < -0.39 is 0 Å². The van der Waals surface area contributed by atoms with Crippen molar-refractivity contribution in [1.29, 1.82) is 0 Å². The molecule has 0 atom stereocenters. The summed E-state index contributed by atoms with van der Waals surface area (Å²) in [6.07, 6.45) is 1.90. The summed E-state index contributed by atoms with van der Waals surface area (Å²) < 4.78 is 1.01. The lowest BCUT2D eigenvalue weighted by Crippen LogP contribution is -1.95. The fraction of sp³-hybridized carbons (Fsp3) is 0.143. The normalized spacial score (nSPS) is 11.1. The quantitative estimate of drug-likeness (QED) is 0.738. The molecule has 3 rings (SSSR count). The molecule has 0 radical (unpaired) electrons. The van der Waals surface area contributed by atoms with Gasteiger partial charge in [-0.3, -0.25) is 0 Å². The number of halogens is 1. The SMILES string of the molecule is Cc1ccccc1-c1nc(C)c2c(Br)c[nH]c2n1. The van der Waals surface area contributed by atoms with Gasteiger partial charge in [0.05, 0.1) is 11.1 Å². The van der Waals surface area contributed by atoms with Crippen LogP contribution in [0.1, 0.15) is 11.3 Å². The lowest BCUT2D eigenvalue weighted by molar-refractivity contribution is 1.14. The molecule has 0 aliphatic carbocycles. The van der Waals surface area contributed by atoms with E-state index >= 15 is 0 Å². The van der Waals surface area contributed by atoms with Crippen LogP contribution in [0.5, 0.6) is 0 Å². The molecule has 0 aliphatic heterocycles. The Labute approximate surface area is 113 Å². The molecule has 0 aliphatic rings. The molecule has 0 saturated heterocycles. The molecule has 0 fully saturated rings. The molecular formula is C14H12BrN3. The number of H-pyrrole nitrogens is 1. The van der Waals surface area contributed by atoms with E-state index in [2.05, 4.69) is 43.9 Å². The molecule has 3 nitrogen and oxygen atoms in total. The summed E-state index contributed by atoms with van der Waals surface area (Å²) >= 11 is 3.50. The van der Waals surface area contributed by atoms with Crippen molar-refractivity contribution >= 4 is 27.0 Å². The van der Waals surface area contributed by atoms with Crippen molar-refractivity contribution in [1.82, 2.24) is 15.0 Å². The highest BCUT2D eigenvalue weighted by Crippen LogP contribution is 2.27. The molecule has 4 heteroatoms. The highest BCUT2D eigenvalue weighted by Gasteiger charge is 2.11. The van der Waals surface area contributed by atoms with Gasteiger partial charge in [-0.05, 0) is 35.3 Å². The minimum atomic E-state index is 0.771. The van der Waals surface area contributed by atoms with Crippen molar-refractivity contribution < 1.29 is 0 Å². The third kappa shape index (κ3) is 1.73. The maximum atomic E-state index is 4.60. The van der Waals surface area contributed by atoms with Gasteiger partial charge in [-0.2, -0.15) is 0 Å². The van der Waals surface area contributed by atoms with Crippen molar-refractivity contribution in [3.8, 4) is 11.4 Å². The Morgan fingerprint density at radius 3 is 2.67 bits per heavy atom. The van der Waals surface area contributed by atoms with E-state index in [1.54, 1.807) is 0 Å². The lowest BCUT2D eigenvalue weighted by atomic mass is 10.1. The molecule has 2 aromatic heterocycles. The van der Waals surface area contributed by atoms with Gasteiger partial charge >= 0.3 is 0 Å². The van der Waals surface area contributed by atoms with Gasteiger partial charge < -0.3 is 4.98 Å². The van der Waals surface area contributed by atoms with E-state index in [1.165, 1.54) is 5.56 Å². The number of fused-ring (bicyclic) bond motifs is 1. The van der Waals surface area contributed by atoms with E-state index in [1.807, 2.05) is 31.3 Å². The van der Waals surface area contributed by atoms with Crippen LogP contribution in [-0.4, -0.2) is 15.0 Å². The maximum absolute atomic E-state index is 4.60. The highest BCUT2D eigenvalue weighted by molar-refractivity contribution is 9.10. The van der Waals surface area contributed by atoms with Crippen LogP contribution in [0.4, 0.5) is 0 Å². The number of rotatable bonds is 1. The summed E-state index contributed by atoms with van der Waals surface area (Å²) in [7, 11) is 0. The van der Waals surface area contributed by atoms with Crippen LogP contribution in [0.2, 0.25) is 0 Å². The third-order valence-corrected chi connectivity index (χ3v) is 3.68. The van der Waals surface area contributed by atoms with Gasteiger partial charge in [-0.15, -0.1) is 0 Å². The Morgan fingerprint density at radius 2 is 1.89 bits per heavy atom. The van der Waals surface area contributed by atoms with Crippen LogP contribution < -0.4 is 0 Å². The van der Waals surface area contributed by atoms with Crippen molar-refractivity contribution in [2.75, 3.05) is 0 Å². The first-order valence-electron chi connectivity index (χ1n) is 5.74. The molecule has 2 heterocycles. The predicted octanol–water partition coefficient (Wildman–Crippen LogP) is 4.00. The molecule has 90 valence electrons. The highest BCUT2D eigenvalue weighted by atomic mass is 79.9. The van der Waals surface area contributed by atoms with E-state index in [-0.39, 0.29) is 0 Å². The van der Waals surface area contributed by atoms with Crippen LogP contribution in [0, 0.1) is 13.8 Å². The summed E-state index contributed by atoms with van der Waals surface area (Å²) in [4.78, 5) is 12.4. The summed E-state index contributed by atoms with van der Waals surface area (Å²) in [5.41, 5.74) is 4.11. The minimum absolute atomic E-state index is 0.771. The lowest BCUT2D eigenvalue weighted by Gasteiger charge is -2.05. The van der Waals surface area contributed by atoms with E-state index in [4.69, 9.17) is 0 Å². The Bertz CT molecular complexity index is 731. The molecule has 1 aromatic carbocycles. The summed E-state index contributed by atoms with van der Waals surface area (Å²) in [5.74, 6) is 0.771. The van der Waals surface area contributed by atoms with E-state index in [0.717, 1.165) is 32.6 Å². The first kappa shape index (κ1) is 11.4. The number of aromatic nitrogens is 3. The molecule has 0 amide bonds. The zero-order valence-electron chi connectivity index (χ0n) is 10.2. The second kappa shape index (κ2) is 4.21. The average molecular weight is 302 g/mol. The Kier molecular flexibility index (Phi) is 2.67. The van der Waals surface area contributed by atoms with Crippen LogP contribution in [-0.2, 0) is 0 Å². The van der Waals surface area contributed by atoms with Gasteiger partial charge in [0.1, 0.15) is 5.65 Å². The van der Waals surface area contributed by atoms with Crippen molar-refractivity contribution in [3.63, 3.8) is 0 Å². The third-order valence-electron chi connectivity index (χ3n) is 3.05. The summed E-state index contributed by atoms with van der Waals surface area (Å²) in [5, 5.41) is 1.05. The number of benzene rings is 1. The number of hydrogen-bond acceptors (Lipinski definition) is 2. The fourth-order valence-electron chi connectivity index (χ4n) is 2.11. The van der Waals surface area contributed by atoms with Gasteiger partial charge in [0.2, 0.25) is 0 Å². The Hall–Kier alpha value is -1.68. The largest absolute Gasteiger partial charge is 0.345 e. The zero-order chi connectivity index (χ0) is 12.7. The van der Waals surface area contributed by atoms with Gasteiger partial charge in [0.15, 0.2) is 5.82 Å². The predicted molar refractivity (Wildman–Crippen MR) is 76.5 cm³/mol. The van der Waals surface area contributed by atoms with E-state index in [0.29, 0.717) is 0 Å². The molecule has 1 N–H and O–H groups in total. The second-order valence-corrected chi connectivity index (χ2v) is 5.16. The monoisotopic (exact) mass is 301 g/mol. The second-order valence-electron chi connectivity index (χ2n) is 4.31. The first-order chi connectivity index (χ1) is 8.66. The van der Waals surface area contributed by atoms with Crippen LogP contribution in [0.3, 0.4) is 0 Å². The maximum Gasteiger partial charge on any atom is 0.162 e. The van der Waals surface area contributed by atoms with Gasteiger partial charge in [0, 0.05) is 16.2 Å². The summed E-state index contributed by atoms with van der Waals surface area (Å²) in [6, 6.07) is 8.15. The van der Waals surface area contributed by atoms with Crippen molar-refractivity contribution in [2.24, 2.45) is 0 Å². The Morgan fingerprint density at radius 1 is 1.11 bits per heavy atom. The number of hydrogen-bond donors (Lipinski definition) is 1. The van der Waals surface area contributed by atoms with Crippen molar-refractivity contribution in [3.05, 3.63) is 46.2 Å². The molecule has 0 saturated carbocycles. The molecular weight excluding hydrogens is 290 g/mol. The number of aryl methyl sites for hydroxylation is 2. The topological polar surface area (TPSA) is 41.6 Å². The van der Waals surface area contributed by atoms with Crippen LogP contribution >= 0.6 is 15.9 Å². The fourth-order valence-corrected chi connectivity index (χ4v) is 2.70. The smallest absolute Gasteiger partial charge is 0.162 e. The number of nitrogens with one attached hydrogen (secondary N) is 1. The molecule has 0 bridgehead atoms. The van der Waals surface area contributed by atoms with Crippen LogP contribution in [0.25, 0.3) is 22.4 Å². The van der Waals surface area contributed by atoms with Gasteiger partial charge in [-0.25, -0.2) is 9.97 Å². The minimum Gasteiger partial charge on any atom is -0.345 e. The molecule has 0 spiro atoms. The van der Waals surface area contributed by atoms with Crippen LogP contribution in [0.15, 0.2) is 34.9 Å².